The predicted octanol–water partition coefficient (Wildman–Crippen LogP) is 3.09. The van der Waals surface area contributed by atoms with E-state index in [1.165, 1.54) is 11.3 Å². The Morgan fingerprint density at radius 1 is 1.26 bits per heavy atom. The largest absolute Gasteiger partial charge is 0.356 e. The van der Waals surface area contributed by atoms with Gasteiger partial charge in [0.25, 0.3) is 0 Å². The summed E-state index contributed by atoms with van der Waals surface area (Å²) in [6, 6.07) is 2.01. The van der Waals surface area contributed by atoms with Crippen molar-refractivity contribution in [1.82, 2.24) is 20.3 Å². The first kappa shape index (κ1) is 15.9. The number of nitrogens with one attached hydrogen (secondary N) is 2. The first-order valence-electron chi connectivity index (χ1n) is 7.94. The summed E-state index contributed by atoms with van der Waals surface area (Å²) in [5, 5.41) is 8.79. The molecule has 0 aliphatic heterocycles. The molecule has 2 aromatic heterocycles. The molecule has 23 heavy (non-hydrogen) atoms. The lowest BCUT2D eigenvalue weighted by Crippen LogP contribution is -2.29. The van der Waals surface area contributed by atoms with Crippen molar-refractivity contribution >= 4 is 28.3 Å². The molecule has 7 heteroatoms. The minimum Gasteiger partial charge on any atom is -0.356 e. The summed E-state index contributed by atoms with van der Waals surface area (Å²) in [7, 11) is 0. The monoisotopic (exact) mass is 331 g/mol. The van der Waals surface area contributed by atoms with Crippen molar-refractivity contribution in [3.63, 3.8) is 0 Å². The fourth-order valence-electron chi connectivity index (χ4n) is 2.99. The van der Waals surface area contributed by atoms with Crippen molar-refractivity contribution in [2.75, 3.05) is 11.9 Å². The number of hydrogen-bond acceptors (Lipinski definition) is 6. The molecule has 0 radical (unpaired) electrons. The zero-order chi connectivity index (χ0) is 16.1. The van der Waals surface area contributed by atoms with Crippen LogP contribution >= 0.6 is 11.3 Å². The van der Waals surface area contributed by atoms with Gasteiger partial charge in [-0.1, -0.05) is 0 Å². The van der Waals surface area contributed by atoms with Gasteiger partial charge in [-0.2, -0.15) is 0 Å². The van der Waals surface area contributed by atoms with Crippen LogP contribution in [0.5, 0.6) is 0 Å². The van der Waals surface area contributed by atoms with Gasteiger partial charge in [-0.15, -0.1) is 11.3 Å². The number of thiazole rings is 1. The summed E-state index contributed by atoms with van der Waals surface area (Å²) >= 11 is 1.53. The first-order valence-corrected chi connectivity index (χ1v) is 8.82. The lowest BCUT2D eigenvalue weighted by atomic mass is 9.80. The smallest absolute Gasteiger partial charge is 0.229 e. The summed E-state index contributed by atoms with van der Waals surface area (Å²) < 4.78 is 0. The average Bonchev–Trinajstić information content (AvgIpc) is 3.07. The fraction of sp³-hybridized carbons (Fsp3) is 0.500. The molecule has 1 saturated carbocycles. The summed E-state index contributed by atoms with van der Waals surface area (Å²) in [5.41, 5.74) is 1.09. The van der Waals surface area contributed by atoms with E-state index < -0.39 is 0 Å². The highest BCUT2D eigenvalue weighted by Gasteiger charge is 2.23. The Morgan fingerprint density at radius 3 is 2.78 bits per heavy atom. The SMILES string of the molecule is CC(=O)NCC1CCC(c2ccnc(Nc3nccs3)n2)CC1. The Balaban J connectivity index is 1.57. The number of rotatable bonds is 5. The molecule has 122 valence electrons. The van der Waals surface area contributed by atoms with Crippen LogP contribution in [-0.2, 0) is 4.79 Å². The van der Waals surface area contributed by atoms with Crippen LogP contribution in [0.15, 0.2) is 23.8 Å². The van der Waals surface area contributed by atoms with E-state index in [1.807, 2.05) is 17.6 Å². The van der Waals surface area contributed by atoms with Gasteiger partial charge in [0.05, 0.1) is 0 Å². The van der Waals surface area contributed by atoms with E-state index in [9.17, 15) is 4.79 Å². The van der Waals surface area contributed by atoms with E-state index in [-0.39, 0.29) is 5.91 Å². The number of aromatic nitrogens is 3. The molecule has 1 amide bonds. The van der Waals surface area contributed by atoms with Gasteiger partial charge in [0, 0.05) is 42.9 Å². The molecule has 1 aliphatic rings. The quantitative estimate of drug-likeness (QED) is 0.880. The first-order chi connectivity index (χ1) is 11.2. The lowest BCUT2D eigenvalue weighted by Gasteiger charge is -2.28. The Hall–Kier alpha value is -2.02. The normalized spacial score (nSPS) is 20.9. The van der Waals surface area contributed by atoms with Gasteiger partial charge < -0.3 is 10.6 Å². The van der Waals surface area contributed by atoms with Crippen LogP contribution in [0.25, 0.3) is 0 Å². The molecule has 6 nitrogen and oxygen atoms in total. The van der Waals surface area contributed by atoms with E-state index in [1.54, 1.807) is 13.1 Å². The summed E-state index contributed by atoms with van der Waals surface area (Å²) in [4.78, 5) is 24.1. The van der Waals surface area contributed by atoms with Crippen LogP contribution < -0.4 is 10.6 Å². The van der Waals surface area contributed by atoms with E-state index in [0.29, 0.717) is 17.8 Å². The Kier molecular flexibility index (Phi) is 5.17. The van der Waals surface area contributed by atoms with E-state index in [0.717, 1.165) is 43.1 Å². The maximum Gasteiger partial charge on any atom is 0.229 e. The average molecular weight is 331 g/mol. The molecule has 2 heterocycles. The summed E-state index contributed by atoms with van der Waals surface area (Å²) in [6.07, 6.45) is 8.04. The maximum atomic E-state index is 11.0. The molecule has 1 aliphatic carbocycles. The number of nitrogens with zero attached hydrogens (tertiary/aromatic N) is 3. The highest BCUT2D eigenvalue weighted by molar-refractivity contribution is 7.13. The highest BCUT2D eigenvalue weighted by atomic mass is 32.1. The summed E-state index contributed by atoms with van der Waals surface area (Å²) in [6.45, 7) is 2.37. The van der Waals surface area contributed by atoms with Crippen LogP contribution in [0.2, 0.25) is 0 Å². The zero-order valence-electron chi connectivity index (χ0n) is 13.2. The predicted molar refractivity (Wildman–Crippen MR) is 90.8 cm³/mol. The third-order valence-corrected chi connectivity index (χ3v) is 4.92. The van der Waals surface area contributed by atoms with Crippen LogP contribution in [-0.4, -0.2) is 27.4 Å². The fourth-order valence-corrected chi connectivity index (χ4v) is 3.51. The van der Waals surface area contributed by atoms with Gasteiger partial charge in [-0.3, -0.25) is 4.79 Å². The molecule has 0 spiro atoms. The molecule has 0 unspecified atom stereocenters. The Bertz CT molecular complexity index is 638. The van der Waals surface area contributed by atoms with Crippen molar-refractivity contribution in [1.29, 1.82) is 0 Å². The molecular formula is C16H21N5OS. The van der Waals surface area contributed by atoms with Gasteiger partial charge in [0.2, 0.25) is 11.9 Å². The second kappa shape index (κ2) is 7.50. The molecule has 0 atom stereocenters. The van der Waals surface area contributed by atoms with Crippen LogP contribution in [0, 0.1) is 5.92 Å². The molecule has 0 aromatic carbocycles. The number of carbonyl (C=O) groups excluding carboxylic acids is 1. The van der Waals surface area contributed by atoms with E-state index in [2.05, 4.69) is 25.6 Å². The van der Waals surface area contributed by atoms with E-state index in [4.69, 9.17) is 0 Å². The Morgan fingerprint density at radius 2 is 2.09 bits per heavy atom. The molecular weight excluding hydrogens is 310 g/mol. The standard InChI is InChI=1S/C16H21N5OS/c1-11(22)19-10-12-2-4-13(5-3-12)14-6-7-17-15(20-14)21-16-18-8-9-23-16/h6-9,12-13H,2-5,10H2,1H3,(H,19,22)(H,17,18,20,21). The van der Waals surface area contributed by atoms with Crippen molar-refractivity contribution < 1.29 is 4.79 Å². The second-order valence-corrected chi connectivity index (χ2v) is 6.82. The summed E-state index contributed by atoms with van der Waals surface area (Å²) in [5.74, 6) is 1.73. The van der Waals surface area contributed by atoms with Crippen molar-refractivity contribution in [2.45, 2.75) is 38.5 Å². The van der Waals surface area contributed by atoms with Gasteiger partial charge in [-0.25, -0.2) is 15.0 Å². The van der Waals surface area contributed by atoms with Crippen LogP contribution in [0.1, 0.15) is 44.2 Å². The zero-order valence-corrected chi connectivity index (χ0v) is 14.0. The third kappa shape index (κ3) is 4.48. The second-order valence-electron chi connectivity index (χ2n) is 5.92. The van der Waals surface area contributed by atoms with Crippen molar-refractivity contribution in [3.05, 3.63) is 29.5 Å². The molecule has 0 saturated heterocycles. The topological polar surface area (TPSA) is 79.8 Å². The highest BCUT2D eigenvalue weighted by Crippen LogP contribution is 2.35. The number of carbonyl (C=O) groups is 1. The van der Waals surface area contributed by atoms with Gasteiger partial charge in [-0.05, 0) is 37.7 Å². The van der Waals surface area contributed by atoms with E-state index >= 15 is 0 Å². The van der Waals surface area contributed by atoms with Crippen molar-refractivity contribution in [3.8, 4) is 0 Å². The van der Waals surface area contributed by atoms with Crippen molar-refractivity contribution in [2.24, 2.45) is 5.92 Å². The molecule has 2 N–H and O–H groups in total. The number of amides is 1. The molecule has 1 fully saturated rings. The van der Waals surface area contributed by atoms with Crippen LogP contribution in [0.4, 0.5) is 11.1 Å². The van der Waals surface area contributed by atoms with Crippen LogP contribution in [0.3, 0.4) is 0 Å². The Labute approximate surface area is 139 Å². The number of anilines is 2. The molecule has 3 rings (SSSR count). The third-order valence-electron chi connectivity index (χ3n) is 4.23. The number of hydrogen-bond donors (Lipinski definition) is 2. The molecule has 0 bridgehead atoms. The van der Waals surface area contributed by atoms with Gasteiger partial charge in [0.15, 0.2) is 5.13 Å². The minimum absolute atomic E-state index is 0.0563. The minimum atomic E-state index is 0.0563. The van der Waals surface area contributed by atoms with Gasteiger partial charge >= 0.3 is 0 Å². The van der Waals surface area contributed by atoms with Gasteiger partial charge in [0.1, 0.15) is 0 Å². The maximum absolute atomic E-state index is 11.0. The lowest BCUT2D eigenvalue weighted by molar-refractivity contribution is -0.119. The molecule has 2 aromatic rings.